The van der Waals surface area contributed by atoms with E-state index in [2.05, 4.69) is 15.1 Å². The zero-order chi connectivity index (χ0) is 23.0. The number of amides is 1. The molecule has 0 bridgehead atoms. The van der Waals surface area contributed by atoms with Crippen molar-refractivity contribution in [2.24, 2.45) is 0 Å². The van der Waals surface area contributed by atoms with Crippen molar-refractivity contribution in [2.75, 3.05) is 23.4 Å². The molecule has 0 aliphatic rings. The Kier molecular flexibility index (Phi) is 5.85. The predicted octanol–water partition coefficient (Wildman–Crippen LogP) is 4.68. The van der Waals surface area contributed by atoms with E-state index in [4.69, 9.17) is 16.3 Å². The molecule has 2 heterocycles. The number of ether oxygens (including phenoxy) is 1. The number of fused-ring (bicyclic) bond motifs is 1. The van der Waals surface area contributed by atoms with Crippen LogP contribution in [0.4, 0.5) is 11.4 Å². The van der Waals surface area contributed by atoms with Gasteiger partial charge in [0.2, 0.25) is 10.0 Å². The Bertz CT molecular complexity index is 1440. The van der Waals surface area contributed by atoms with Crippen LogP contribution in [0.15, 0.2) is 48.5 Å². The third-order valence-electron chi connectivity index (χ3n) is 4.60. The van der Waals surface area contributed by atoms with Crippen molar-refractivity contribution in [1.82, 2.24) is 9.78 Å². The van der Waals surface area contributed by atoms with Crippen LogP contribution in [0.2, 0.25) is 5.02 Å². The zero-order valence-corrected chi connectivity index (χ0v) is 19.7. The van der Waals surface area contributed by atoms with Gasteiger partial charge >= 0.3 is 0 Å². The highest BCUT2D eigenvalue weighted by atomic mass is 35.5. The summed E-state index contributed by atoms with van der Waals surface area (Å²) in [4.78, 5) is 14.2. The Morgan fingerprint density at radius 1 is 1.19 bits per heavy atom. The van der Waals surface area contributed by atoms with Gasteiger partial charge in [0, 0.05) is 11.1 Å². The highest BCUT2D eigenvalue weighted by molar-refractivity contribution is 7.92. The first-order valence-corrected chi connectivity index (χ1v) is 12.5. The first kappa shape index (κ1) is 22.1. The van der Waals surface area contributed by atoms with Crippen LogP contribution in [0.5, 0.6) is 5.75 Å². The van der Waals surface area contributed by atoms with Crippen LogP contribution < -0.4 is 14.8 Å². The molecule has 166 valence electrons. The van der Waals surface area contributed by atoms with Crippen molar-refractivity contribution in [2.45, 2.75) is 6.92 Å². The van der Waals surface area contributed by atoms with Gasteiger partial charge < -0.3 is 10.1 Å². The number of thiophene rings is 1. The van der Waals surface area contributed by atoms with E-state index in [1.807, 2.05) is 25.1 Å². The molecule has 0 spiro atoms. The molecular weight excluding hydrogens is 472 g/mol. The number of nitrogens with zero attached hydrogens (tertiary/aromatic N) is 2. The number of carbonyl (C=O) groups is 1. The lowest BCUT2D eigenvalue weighted by molar-refractivity contribution is 0.103. The smallest absolute Gasteiger partial charge is 0.265 e. The lowest BCUT2D eigenvalue weighted by Gasteiger charge is -2.12. The molecule has 0 radical (unpaired) electrons. The van der Waals surface area contributed by atoms with E-state index >= 15 is 0 Å². The third-order valence-corrected chi connectivity index (χ3v) is 6.62. The van der Waals surface area contributed by atoms with Crippen molar-refractivity contribution in [1.29, 1.82) is 0 Å². The van der Waals surface area contributed by atoms with Crippen LogP contribution in [0.25, 0.3) is 15.9 Å². The molecular formula is C21H19ClN4O4S2. The maximum absolute atomic E-state index is 12.9. The molecule has 0 aliphatic heterocycles. The minimum Gasteiger partial charge on any atom is -0.495 e. The number of halogens is 1. The maximum Gasteiger partial charge on any atom is 0.265 e. The van der Waals surface area contributed by atoms with Gasteiger partial charge in [-0.25, -0.2) is 13.1 Å². The minimum atomic E-state index is -3.52. The van der Waals surface area contributed by atoms with Gasteiger partial charge in [0.25, 0.3) is 5.91 Å². The average molecular weight is 491 g/mol. The number of carbonyl (C=O) groups excluding carboxylic acids is 1. The summed E-state index contributed by atoms with van der Waals surface area (Å²) in [6.07, 6.45) is 1.04. The van der Waals surface area contributed by atoms with Crippen LogP contribution in [-0.2, 0) is 10.0 Å². The number of sulfonamides is 1. The standard InChI is InChI=1S/C21H19ClN4O4S2/c1-12-14-11-19(31-21(14)26(24-12)17-7-5-4-6-15(17)22)20(27)23-13-8-9-18(30-2)16(10-13)25-32(3,28)29/h4-11,25H,1-3H3,(H,23,27). The molecule has 2 N–H and O–H groups in total. The van der Waals surface area contributed by atoms with Gasteiger partial charge in [-0.15, -0.1) is 11.3 Å². The summed E-state index contributed by atoms with van der Waals surface area (Å²) in [5, 5.41) is 8.78. The topological polar surface area (TPSA) is 102 Å². The Hall–Kier alpha value is -3.08. The van der Waals surface area contributed by atoms with Crippen LogP contribution in [-0.4, -0.2) is 37.5 Å². The molecule has 2 aromatic heterocycles. The second-order valence-electron chi connectivity index (χ2n) is 7.02. The van der Waals surface area contributed by atoms with Gasteiger partial charge in [-0.3, -0.25) is 9.52 Å². The van der Waals surface area contributed by atoms with Crippen molar-refractivity contribution < 1.29 is 17.9 Å². The summed E-state index contributed by atoms with van der Waals surface area (Å²) in [5.74, 6) is 0.0116. The van der Waals surface area contributed by atoms with Crippen LogP contribution in [0.3, 0.4) is 0 Å². The van der Waals surface area contributed by atoms with Gasteiger partial charge in [0.1, 0.15) is 10.6 Å². The van der Waals surface area contributed by atoms with E-state index in [1.54, 1.807) is 28.9 Å². The van der Waals surface area contributed by atoms with E-state index in [9.17, 15) is 13.2 Å². The first-order valence-electron chi connectivity index (χ1n) is 9.37. The molecule has 0 fully saturated rings. The van der Waals surface area contributed by atoms with E-state index in [0.717, 1.165) is 27.9 Å². The number of para-hydroxylation sites is 1. The van der Waals surface area contributed by atoms with Gasteiger partial charge in [0.15, 0.2) is 0 Å². The Morgan fingerprint density at radius 2 is 1.94 bits per heavy atom. The average Bonchev–Trinajstić information content (AvgIpc) is 3.28. The fraction of sp³-hybridized carbons (Fsp3) is 0.143. The molecule has 8 nitrogen and oxygen atoms in total. The monoisotopic (exact) mass is 490 g/mol. The molecule has 0 saturated heterocycles. The van der Waals surface area contributed by atoms with E-state index in [0.29, 0.717) is 21.3 Å². The molecule has 1 amide bonds. The second kappa shape index (κ2) is 8.45. The minimum absolute atomic E-state index is 0.231. The van der Waals surface area contributed by atoms with Crippen molar-refractivity contribution in [3.8, 4) is 11.4 Å². The number of nitrogens with one attached hydrogen (secondary N) is 2. The quantitative estimate of drug-likeness (QED) is 0.408. The number of aryl methyl sites for hydroxylation is 1. The lowest BCUT2D eigenvalue weighted by Crippen LogP contribution is -2.13. The molecule has 0 unspecified atom stereocenters. The number of rotatable bonds is 6. The number of hydrogen-bond acceptors (Lipinski definition) is 6. The van der Waals surface area contributed by atoms with Gasteiger partial charge in [-0.1, -0.05) is 23.7 Å². The number of anilines is 2. The number of methoxy groups -OCH3 is 1. The highest BCUT2D eigenvalue weighted by Gasteiger charge is 2.19. The first-order chi connectivity index (χ1) is 15.2. The molecule has 4 rings (SSSR count). The number of aromatic nitrogens is 2. The normalized spacial score (nSPS) is 11.5. The van der Waals surface area contributed by atoms with Crippen LogP contribution >= 0.6 is 22.9 Å². The van der Waals surface area contributed by atoms with Crippen molar-refractivity contribution in [3.63, 3.8) is 0 Å². The Balaban J connectivity index is 1.66. The molecule has 2 aromatic carbocycles. The predicted molar refractivity (Wildman–Crippen MR) is 128 cm³/mol. The fourth-order valence-electron chi connectivity index (χ4n) is 3.20. The van der Waals surface area contributed by atoms with E-state index in [-0.39, 0.29) is 11.6 Å². The van der Waals surface area contributed by atoms with Crippen molar-refractivity contribution >= 4 is 60.5 Å². The SMILES string of the molecule is COc1ccc(NC(=O)c2cc3c(C)nn(-c4ccccc4Cl)c3s2)cc1NS(C)(=O)=O. The Morgan fingerprint density at radius 3 is 2.62 bits per heavy atom. The van der Waals surface area contributed by atoms with Crippen molar-refractivity contribution in [3.05, 3.63) is 64.1 Å². The third kappa shape index (κ3) is 4.43. The molecule has 4 aromatic rings. The zero-order valence-electron chi connectivity index (χ0n) is 17.3. The molecule has 32 heavy (non-hydrogen) atoms. The van der Waals surface area contributed by atoms with Gasteiger partial charge in [-0.05, 0) is 43.3 Å². The summed E-state index contributed by atoms with van der Waals surface area (Å²) < 4.78 is 32.6. The summed E-state index contributed by atoms with van der Waals surface area (Å²) in [7, 11) is -2.08. The van der Waals surface area contributed by atoms with E-state index < -0.39 is 10.0 Å². The number of benzene rings is 2. The fourth-order valence-corrected chi connectivity index (χ4v) is 5.05. The molecule has 0 aliphatic carbocycles. The van der Waals surface area contributed by atoms with Crippen LogP contribution in [0, 0.1) is 6.92 Å². The summed E-state index contributed by atoms with van der Waals surface area (Å²) in [6, 6.07) is 13.9. The molecule has 0 saturated carbocycles. The summed E-state index contributed by atoms with van der Waals surface area (Å²) >= 11 is 7.63. The van der Waals surface area contributed by atoms with Gasteiger partial charge in [0.05, 0.1) is 40.3 Å². The second-order valence-corrected chi connectivity index (χ2v) is 10.2. The number of hydrogen-bond donors (Lipinski definition) is 2. The molecule has 0 atom stereocenters. The maximum atomic E-state index is 12.9. The Labute approximate surface area is 193 Å². The largest absolute Gasteiger partial charge is 0.495 e. The van der Waals surface area contributed by atoms with Gasteiger partial charge in [-0.2, -0.15) is 5.10 Å². The molecule has 11 heteroatoms. The highest BCUT2D eigenvalue weighted by Crippen LogP contribution is 2.33. The van der Waals surface area contributed by atoms with E-state index in [1.165, 1.54) is 24.5 Å². The summed E-state index contributed by atoms with van der Waals surface area (Å²) in [6.45, 7) is 1.87. The lowest BCUT2D eigenvalue weighted by atomic mass is 10.2. The van der Waals surface area contributed by atoms with Crippen LogP contribution in [0.1, 0.15) is 15.4 Å². The summed E-state index contributed by atoms with van der Waals surface area (Å²) in [5.41, 5.74) is 2.16.